The molecule has 2 rings (SSSR count). The van der Waals surface area contributed by atoms with Gasteiger partial charge in [0.15, 0.2) is 0 Å². The van der Waals surface area contributed by atoms with Crippen LogP contribution in [-0.2, 0) is 9.53 Å². The molecule has 0 aliphatic carbocycles. The first-order valence-corrected chi connectivity index (χ1v) is 8.54. The van der Waals surface area contributed by atoms with Crippen LogP contribution >= 0.6 is 11.8 Å². The maximum absolute atomic E-state index is 12.4. The van der Waals surface area contributed by atoms with Crippen molar-refractivity contribution in [1.29, 1.82) is 5.26 Å². The van der Waals surface area contributed by atoms with Gasteiger partial charge in [0.1, 0.15) is 0 Å². The van der Waals surface area contributed by atoms with E-state index >= 15 is 0 Å². The molecule has 1 fully saturated rings. The summed E-state index contributed by atoms with van der Waals surface area (Å²) in [6.07, 6.45) is 2.26. The molecule has 22 heavy (non-hydrogen) atoms. The van der Waals surface area contributed by atoms with Gasteiger partial charge in [-0.05, 0) is 43.0 Å². The van der Waals surface area contributed by atoms with Gasteiger partial charge in [0, 0.05) is 18.0 Å². The molecule has 0 saturated carbocycles. The van der Waals surface area contributed by atoms with E-state index in [9.17, 15) is 4.79 Å². The monoisotopic (exact) mass is 318 g/mol. The summed E-state index contributed by atoms with van der Waals surface area (Å²) in [4.78, 5) is 13.4. The molecule has 1 aromatic rings. The topological polar surface area (TPSA) is 62.1 Å². The molecule has 4 nitrogen and oxygen atoms in total. The van der Waals surface area contributed by atoms with Crippen LogP contribution in [0.1, 0.15) is 32.3 Å². The molecule has 1 aliphatic rings. The number of hydrogen-bond donors (Lipinski definition) is 1. The Bertz CT molecular complexity index is 531. The van der Waals surface area contributed by atoms with Crippen LogP contribution in [0.4, 0.5) is 0 Å². The van der Waals surface area contributed by atoms with E-state index < -0.39 is 0 Å². The fourth-order valence-corrected chi connectivity index (χ4v) is 3.42. The molecule has 1 aliphatic heterocycles. The highest BCUT2D eigenvalue weighted by Gasteiger charge is 2.25. The first kappa shape index (κ1) is 16.9. The molecule has 1 amide bonds. The predicted octanol–water partition coefficient (Wildman–Crippen LogP) is 2.97. The molecule has 1 saturated heterocycles. The second-order valence-electron chi connectivity index (χ2n) is 5.80. The van der Waals surface area contributed by atoms with Crippen LogP contribution < -0.4 is 5.32 Å². The van der Waals surface area contributed by atoms with Gasteiger partial charge in [0.25, 0.3) is 0 Å². The maximum atomic E-state index is 12.4. The largest absolute Gasteiger partial charge is 0.376 e. The van der Waals surface area contributed by atoms with E-state index in [0.717, 1.165) is 24.3 Å². The normalized spacial score (nSPS) is 18.9. The summed E-state index contributed by atoms with van der Waals surface area (Å²) >= 11 is 1.54. The summed E-state index contributed by atoms with van der Waals surface area (Å²) in [6, 6.07) is 9.46. The van der Waals surface area contributed by atoms with Crippen molar-refractivity contribution in [3.63, 3.8) is 0 Å². The summed E-state index contributed by atoms with van der Waals surface area (Å²) < 4.78 is 5.54. The van der Waals surface area contributed by atoms with Crippen LogP contribution in [0.3, 0.4) is 0 Å². The van der Waals surface area contributed by atoms with E-state index in [4.69, 9.17) is 10.00 Å². The van der Waals surface area contributed by atoms with Crippen LogP contribution in [0.5, 0.6) is 0 Å². The highest BCUT2D eigenvalue weighted by Crippen LogP contribution is 2.28. The Hall–Kier alpha value is -1.51. The molecule has 5 heteroatoms. The van der Waals surface area contributed by atoms with Gasteiger partial charge in [0.05, 0.1) is 23.0 Å². The van der Waals surface area contributed by atoms with Crippen molar-refractivity contribution in [1.82, 2.24) is 5.32 Å². The zero-order chi connectivity index (χ0) is 15.9. The smallest absolute Gasteiger partial charge is 0.233 e. The van der Waals surface area contributed by atoms with Crippen LogP contribution in [0.2, 0.25) is 0 Å². The molecule has 2 unspecified atom stereocenters. The van der Waals surface area contributed by atoms with Crippen LogP contribution in [-0.4, -0.2) is 30.4 Å². The second kappa shape index (κ2) is 8.21. The van der Waals surface area contributed by atoms with Gasteiger partial charge < -0.3 is 10.1 Å². The quantitative estimate of drug-likeness (QED) is 0.819. The van der Waals surface area contributed by atoms with Crippen molar-refractivity contribution in [2.24, 2.45) is 5.92 Å². The van der Waals surface area contributed by atoms with Gasteiger partial charge in [-0.15, -0.1) is 11.8 Å². The van der Waals surface area contributed by atoms with E-state index in [1.54, 1.807) is 23.9 Å². The van der Waals surface area contributed by atoms with Gasteiger partial charge in [-0.25, -0.2) is 0 Å². The fourth-order valence-electron chi connectivity index (χ4n) is 2.37. The van der Waals surface area contributed by atoms with E-state index in [-0.39, 0.29) is 23.2 Å². The van der Waals surface area contributed by atoms with Crippen molar-refractivity contribution >= 4 is 17.7 Å². The number of nitrogens with one attached hydrogen (secondary N) is 1. The standard InChI is InChI=1S/C17H22N2O2S/c1-12(2)16(17(20)19-11-14-4-3-9-21-14)22-15-7-5-13(10-18)6-8-15/h5-8,12,14,16H,3-4,9,11H2,1-2H3,(H,19,20). The molecule has 0 radical (unpaired) electrons. The number of nitrogens with zero attached hydrogens (tertiary/aromatic N) is 1. The van der Waals surface area contributed by atoms with Gasteiger partial charge in [0.2, 0.25) is 5.91 Å². The third-order valence-corrected chi connectivity index (χ3v) is 5.20. The summed E-state index contributed by atoms with van der Waals surface area (Å²) in [5.74, 6) is 0.282. The van der Waals surface area contributed by atoms with Crippen LogP contribution in [0.25, 0.3) is 0 Å². The zero-order valence-electron chi connectivity index (χ0n) is 13.0. The van der Waals surface area contributed by atoms with E-state index in [0.29, 0.717) is 12.1 Å². The Morgan fingerprint density at radius 2 is 2.18 bits per heavy atom. The first-order chi connectivity index (χ1) is 10.6. The number of hydrogen-bond acceptors (Lipinski definition) is 4. The molecule has 0 aromatic heterocycles. The maximum Gasteiger partial charge on any atom is 0.233 e. The van der Waals surface area contributed by atoms with E-state index in [2.05, 4.69) is 11.4 Å². The minimum Gasteiger partial charge on any atom is -0.376 e. The van der Waals surface area contributed by atoms with Crippen molar-refractivity contribution in [2.75, 3.05) is 13.2 Å². The van der Waals surface area contributed by atoms with Gasteiger partial charge in [-0.1, -0.05) is 13.8 Å². The van der Waals surface area contributed by atoms with Gasteiger partial charge >= 0.3 is 0 Å². The average Bonchev–Trinajstić information content (AvgIpc) is 3.04. The molecule has 0 spiro atoms. The lowest BCUT2D eigenvalue weighted by Gasteiger charge is -2.21. The van der Waals surface area contributed by atoms with E-state index in [1.807, 2.05) is 26.0 Å². The Balaban J connectivity index is 1.92. The molecule has 1 heterocycles. The molecular weight excluding hydrogens is 296 g/mol. The van der Waals surface area contributed by atoms with Crippen LogP contribution in [0, 0.1) is 17.2 Å². The lowest BCUT2D eigenvalue weighted by atomic mass is 10.1. The molecule has 1 aromatic carbocycles. The summed E-state index contributed by atoms with van der Waals surface area (Å²) in [5.41, 5.74) is 0.633. The summed E-state index contributed by atoms with van der Waals surface area (Å²) in [5, 5.41) is 11.7. The lowest BCUT2D eigenvalue weighted by molar-refractivity contribution is -0.121. The number of nitriles is 1. The van der Waals surface area contributed by atoms with Gasteiger partial charge in [-0.3, -0.25) is 4.79 Å². The van der Waals surface area contributed by atoms with Crippen molar-refractivity contribution in [2.45, 2.75) is 42.9 Å². The molecule has 0 bridgehead atoms. The molecule has 118 valence electrons. The summed E-state index contributed by atoms with van der Waals surface area (Å²) in [6.45, 7) is 5.49. The molecular formula is C17H22N2O2S. The number of carbonyl (C=O) groups is 1. The van der Waals surface area contributed by atoms with Crippen LogP contribution in [0.15, 0.2) is 29.2 Å². The fraction of sp³-hybridized carbons (Fsp3) is 0.529. The number of rotatable bonds is 6. The Morgan fingerprint density at radius 1 is 1.45 bits per heavy atom. The van der Waals surface area contributed by atoms with Crippen molar-refractivity contribution in [3.8, 4) is 6.07 Å². The minimum absolute atomic E-state index is 0.0554. The number of ether oxygens (including phenoxy) is 1. The number of benzene rings is 1. The minimum atomic E-state index is -0.144. The van der Waals surface area contributed by atoms with E-state index in [1.165, 1.54) is 0 Å². The SMILES string of the molecule is CC(C)C(Sc1ccc(C#N)cc1)C(=O)NCC1CCCO1. The predicted molar refractivity (Wildman–Crippen MR) is 87.6 cm³/mol. The average molecular weight is 318 g/mol. The third-order valence-electron chi connectivity index (χ3n) is 3.64. The lowest BCUT2D eigenvalue weighted by Crippen LogP contribution is -2.39. The Labute approximate surface area is 136 Å². The van der Waals surface area contributed by atoms with Gasteiger partial charge in [-0.2, -0.15) is 5.26 Å². The first-order valence-electron chi connectivity index (χ1n) is 7.66. The second-order valence-corrected chi connectivity index (χ2v) is 7.01. The zero-order valence-corrected chi connectivity index (χ0v) is 13.9. The van der Waals surface area contributed by atoms with Crippen molar-refractivity contribution < 1.29 is 9.53 Å². The Morgan fingerprint density at radius 3 is 2.73 bits per heavy atom. The number of carbonyl (C=O) groups excluding carboxylic acids is 1. The number of thioether (sulfide) groups is 1. The highest BCUT2D eigenvalue weighted by molar-refractivity contribution is 8.00. The summed E-state index contributed by atoms with van der Waals surface area (Å²) in [7, 11) is 0. The molecule has 2 atom stereocenters. The Kier molecular flexibility index (Phi) is 6.29. The third kappa shape index (κ3) is 4.75. The number of amides is 1. The highest BCUT2D eigenvalue weighted by atomic mass is 32.2. The molecule has 1 N–H and O–H groups in total. The van der Waals surface area contributed by atoms with Crippen molar-refractivity contribution in [3.05, 3.63) is 29.8 Å².